The second kappa shape index (κ2) is 23.2. The predicted octanol–water partition coefficient (Wildman–Crippen LogP) is 10.3. The molecule has 1 aliphatic heterocycles. The summed E-state index contributed by atoms with van der Waals surface area (Å²) in [5, 5.41) is 0. The molecule has 0 radical (unpaired) electrons. The van der Waals surface area contributed by atoms with Gasteiger partial charge in [-0.25, -0.2) is 0 Å². The van der Waals surface area contributed by atoms with Gasteiger partial charge >= 0.3 is 0 Å². The molecule has 6 aromatic carbocycles. The van der Waals surface area contributed by atoms with Gasteiger partial charge in [-0.15, -0.1) is 0 Å². The summed E-state index contributed by atoms with van der Waals surface area (Å²) in [5.74, 6) is 1.71. The molecular formula is C52H56N2O5. The van der Waals surface area contributed by atoms with Crippen LogP contribution in [0.4, 0.5) is 0 Å². The first-order valence-electron chi connectivity index (χ1n) is 20.8. The minimum atomic E-state index is -0.00160. The Kier molecular flexibility index (Phi) is 16.3. The summed E-state index contributed by atoms with van der Waals surface area (Å²) in [4.78, 5) is 4.97. The standard InChI is InChI=1S/C52H56N2O5/c1-5-19-43(20-6-1)37-53-39-47-27-13-15-29-51(47)58-35-33-55-34-36-59-52-30-16-14-28-48(52)40-54(38-44-21-7-2-8-22-44)50(46-25-11-4-12-26-46)42-57-32-18-17-31-56-41-49(53)45-23-9-3-10-24-45/h1-30,49-50H,31-42H2/b18-17+/t49-,50-/m1/s1. The largest absolute Gasteiger partial charge is 0.491 e. The number of fused-ring (bicyclic) bond motifs is 2. The minimum Gasteiger partial charge on any atom is -0.491 e. The first-order valence-corrected chi connectivity index (χ1v) is 20.8. The van der Waals surface area contributed by atoms with Gasteiger partial charge in [0.15, 0.2) is 0 Å². The molecule has 7 heteroatoms. The highest BCUT2D eigenvalue weighted by molar-refractivity contribution is 5.35. The van der Waals surface area contributed by atoms with Gasteiger partial charge in [0.25, 0.3) is 0 Å². The third-order valence-corrected chi connectivity index (χ3v) is 10.5. The Hall–Kier alpha value is -5.54. The monoisotopic (exact) mass is 788 g/mol. The summed E-state index contributed by atoms with van der Waals surface area (Å²) in [5.41, 5.74) is 7.11. The summed E-state index contributed by atoms with van der Waals surface area (Å²) >= 11 is 0. The van der Waals surface area contributed by atoms with Gasteiger partial charge in [-0.2, -0.15) is 0 Å². The van der Waals surface area contributed by atoms with E-state index in [9.17, 15) is 0 Å². The van der Waals surface area contributed by atoms with Gasteiger partial charge in [0.05, 0.1) is 51.7 Å². The Morgan fingerprint density at radius 3 is 1.19 bits per heavy atom. The lowest BCUT2D eigenvalue weighted by molar-refractivity contribution is 0.0593. The summed E-state index contributed by atoms with van der Waals surface area (Å²) in [6.07, 6.45) is 4.15. The third-order valence-electron chi connectivity index (χ3n) is 10.5. The molecule has 59 heavy (non-hydrogen) atoms. The Balaban J connectivity index is 1.13. The molecule has 0 fully saturated rings. The van der Waals surface area contributed by atoms with Crippen LogP contribution in [0.15, 0.2) is 182 Å². The van der Waals surface area contributed by atoms with E-state index in [2.05, 4.69) is 168 Å². The summed E-state index contributed by atoms with van der Waals surface area (Å²) < 4.78 is 31.8. The number of hydrogen-bond donors (Lipinski definition) is 0. The molecule has 0 unspecified atom stereocenters. The van der Waals surface area contributed by atoms with Crippen molar-refractivity contribution in [2.75, 3.05) is 52.9 Å². The summed E-state index contributed by atoms with van der Waals surface area (Å²) in [6.45, 7) is 6.61. The molecule has 6 aromatic rings. The van der Waals surface area contributed by atoms with Gasteiger partial charge < -0.3 is 23.7 Å². The molecule has 1 aliphatic rings. The van der Waals surface area contributed by atoms with E-state index in [1.165, 1.54) is 22.3 Å². The fourth-order valence-electron chi connectivity index (χ4n) is 7.51. The van der Waals surface area contributed by atoms with Crippen molar-refractivity contribution in [3.05, 3.63) is 215 Å². The highest BCUT2D eigenvalue weighted by atomic mass is 16.5. The molecule has 0 aliphatic carbocycles. The molecule has 1 heterocycles. The molecule has 0 bridgehead atoms. The van der Waals surface area contributed by atoms with E-state index in [0.29, 0.717) is 65.9 Å². The van der Waals surface area contributed by atoms with Gasteiger partial charge in [0.2, 0.25) is 0 Å². The maximum absolute atomic E-state index is 6.46. The molecular weight excluding hydrogens is 733 g/mol. The van der Waals surface area contributed by atoms with Crippen molar-refractivity contribution in [3.63, 3.8) is 0 Å². The van der Waals surface area contributed by atoms with Crippen LogP contribution in [0.2, 0.25) is 0 Å². The van der Waals surface area contributed by atoms with Crippen LogP contribution in [0, 0.1) is 0 Å². The van der Waals surface area contributed by atoms with Crippen LogP contribution < -0.4 is 9.47 Å². The van der Waals surface area contributed by atoms with Crippen LogP contribution >= 0.6 is 0 Å². The normalized spacial score (nSPS) is 19.1. The molecule has 304 valence electrons. The molecule has 2 atom stereocenters. The Morgan fingerprint density at radius 2 is 0.763 bits per heavy atom. The number of para-hydroxylation sites is 2. The first-order chi connectivity index (χ1) is 29.3. The number of rotatable bonds is 6. The summed E-state index contributed by atoms with van der Waals surface area (Å²) in [6, 6.07) is 59.2. The van der Waals surface area contributed by atoms with E-state index in [0.717, 1.165) is 35.7 Å². The van der Waals surface area contributed by atoms with Crippen molar-refractivity contribution in [1.82, 2.24) is 9.80 Å². The van der Waals surface area contributed by atoms with Crippen LogP contribution in [-0.4, -0.2) is 62.7 Å². The Bertz CT molecular complexity index is 1950. The van der Waals surface area contributed by atoms with Crippen LogP contribution in [-0.2, 0) is 40.4 Å². The lowest BCUT2D eigenvalue weighted by Crippen LogP contribution is -2.31. The van der Waals surface area contributed by atoms with Gasteiger partial charge in [-0.3, -0.25) is 9.80 Å². The fraction of sp³-hybridized carbons (Fsp3) is 0.269. The van der Waals surface area contributed by atoms with Crippen LogP contribution in [0.5, 0.6) is 11.5 Å². The van der Waals surface area contributed by atoms with Gasteiger partial charge in [0.1, 0.15) is 24.7 Å². The second-order valence-electron chi connectivity index (χ2n) is 14.7. The van der Waals surface area contributed by atoms with Crippen molar-refractivity contribution < 1.29 is 23.7 Å². The van der Waals surface area contributed by atoms with Crippen LogP contribution in [0.25, 0.3) is 0 Å². The van der Waals surface area contributed by atoms with E-state index in [1.807, 2.05) is 24.3 Å². The van der Waals surface area contributed by atoms with E-state index in [4.69, 9.17) is 23.7 Å². The average Bonchev–Trinajstić information content (AvgIpc) is 3.28. The lowest BCUT2D eigenvalue weighted by atomic mass is 10.0. The summed E-state index contributed by atoms with van der Waals surface area (Å²) in [7, 11) is 0. The van der Waals surface area contributed by atoms with Crippen molar-refractivity contribution in [2.45, 2.75) is 38.3 Å². The van der Waals surface area contributed by atoms with E-state index < -0.39 is 0 Å². The van der Waals surface area contributed by atoms with Gasteiger partial charge in [0, 0.05) is 37.3 Å². The molecule has 7 rings (SSSR count). The van der Waals surface area contributed by atoms with Gasteiger partial charge in [-0.05, 0) is 34.4 Å². The van der Waals surface area contributed by atoms with Gasteiger partial charge in [-0.1, -0.05) is 170 Å². The van der Waals surface area contributed by atoms with Crippen molar-refractivity contribution in [2.24, 2.45) is 0 Å². The molecule has 0 saturated heterocycles. The highest BCUT2D eigenvalue weighted by Gasteiger charge is 2.24. The number of hydrogen-bond acceptors (Lipinski definition) is 7. The number of nitrogens with zero attached hydrogens (tertiary/aromatic N) is 2. The van der Waals surface area contributed by atoms with Crippen LogP contribution in [0.1, 0.15) is 45.5 Å². The lowest BCUT2D eigenvalue weighted by Gasteiger charge is -2.33. The smallest absolute Gasteiger partial charge is 0.123 e. The Labute approximate surface area is 350 Å². The first kappa shape index (κ1) is 41.6. The zero-order valence-electron chi connectivity index (χ0n) is 33.9. The third kappa shape index (κ3) is 13.0. The molecule has 0 aromatic heterocycles. The topological polar surface area (TPSA) is 52.6 Å². The predicted molar refractivity (Wildman–Crippen MR) is 235 cm³/mol. The van der Waals surface area contributed by atoms with Crippen molar-refractivity contribution >= 4 is 0 Å². The van der Waals surface area contributed by atoms with Crippen molar-refractivity contribution in [3.8, 4) is 11.5 Å². The molecule has 0 amide bonds. The molecule has 0 saturated carbocycles. The number of benzene rings is 6. The average molecular weight is 789 g/mol. The van der Waals surface area contributed by atoms with Crippen LogP contribution in [0.3, 0.4) is 0 Å². The molecule has 7 nitrogen and oxygen atoms in total. The SMILES string of the molecule is C1=C/COC[C@H](c2ccccc2)N(Cc2ccccc2)Cc2ccccc2OCCOCCOc2ccccc2CN(Cc2ccccc2)[C@@H](c2ccccc2)COC/1. The molecule has 0 N–H and O–H groups in total. The maximum Gasteiger partial charge on any atom is 0.123 e. The maximum atomic E-state index is 6.46. The minimum absolute atomic E-state index is 0.00160. The quantitative estimate of drug-likeness (QED) is 0.156. The molecule has 0 spiro atoms. The van der Waals surface area contributed by atoms with E-state index in [-0.39, 0.29) is 12.1 Å². The second-order valence-corrected chi connectivity index (χ2v) is 14.7. The number of ether oxygens (including phenoxy) is 5. The zero-order valence-corrected chi connectivity index (χ0v) is 33.9. The zero-order chi connectivity index (χ0) is 40.2. The Morgan fingerprint density at radius 1 is 0.390 bits per heavy atom. The van der Waals surface area contributed by atoms with E-state index in [1.54, 1.807) is 0 Å². The highest BCUT2D eigenvalue weighted by Crippen LogP contribution is 2.31. The van der Waals surface area contributed by atoms with E-state index >= 15 is 0 Å². The van der Waals surface area contributed by atoms with Crippen molar-refractivity contribution in [1.29, 1.82) is 0 Å². The fourth-order valence-corrected chi connectivity index (χ4v) is 7.51.